The number of hydrogen-bond acceptors (Lipinski definition) is 4. The second-order valence-corrected chi connectivity index (χ2v) is 4.70. The molecule has 0 atom stereocenters. The van der Waals surface area contributed by atoms with Crippen LogP contribution in [0.1, 0.15) is 44.7 Å². The first-order chi connectivity index (χ1) is 9.93. The van der Waals surface area contributed by atoms with Crippen molar-refractivity contribution in [1.82, 2.24) is 5.16 Å². The van der Waals surface area contributed by atoms with Crippen LogP contribution in [0.5, 0.6) is 0 Å². The summed E-state index contributed by atoms with van der Waals surface area (Å²) in [7, 11) is 0. The fourth-order valence-corrected chi connectivity index (χ4v) is 2.07. The van der Waals surface area contributed by atoms with Crippen molar-refractivity contribution in [3.63, 3.8) is 0 Å². The van der Waals surface area contributed by atoms with Gasteiger partial charge in [0.25, 0.3) is 5.91 Å². The monoisotopic (exact) mass is 288 g/mol. The molecule has 6 heteroatoms. The Hall–Kier alpha value is -2.63. The van der Waals surface area contributed by atoms with E-state index in [-0.39, 0.29) is 11.5 Å². The van der Waals surface area contributed by atoms with Gasteiger partial charge in [0.05, 0.1) is 11.3 Å². The van der Waals surface area contributed by atoms with E-state index in [0.717, 1.165) is 0 Å². The summed E-state index contributed by atoms with van der Waals surface area (Å²) in [6, 6.07) is 4.54. The summed E-state index contributed by atoms with van der Waals surface area (Å²) >= 11 is 0. The van der Waals surface area contributed by atoms with Gasteiger partial charge in [-0.15, -0.1) is 0 Å². The van der Waals surface area contributed by atoms with Crippen LogP contribution >= 0.6 is 0 Å². The Kier molecular flexibility index (Phi) is 4.07. The van der Waals surface area contributed by atoms with Crippen LogP contribution in [0.25, 0.3) is 0 Å². The number of nitrogens with zero attached hydrogens (tertiary/aromatic N) is 1. The van der Waals surface area contributed by atoms with Crippen molar-refractivity contribution < 1.29 is 19.2 Å². The third kappa shape index (κ3) is 2.94. The molecule has 0 saturated heterocycles. The zero-order valence-electron chi connectivity index (χ0n) is 12.1. The van der Waals surface area contributed by atoms with E-state index in [1.807, 2.05) is 6.92 Å². The van der Waals surface area contributed by atoms with E-state index in [0.29, 0.717) is 34.7 Å². The fraction of sp³-hybridized carbons (Fsp3) is 0.267. The first-order valence-electron chi connectivity index (χ1n) is 6.54. The highest BCUT2D eigenvalue weighted by Gasteiger charge is 2.19. The van der Waals surface area contributed by atoms with Gasteiger partial charge in [-0.3, -0.25) is 4.79 Å². The number of carboxylic acids is 1. The summed E-state index contributed by atoms with van der Waals surface area (Å²) in [5.41, 5.74) is 2.45. The van der Waals surface area contributed by atoms with E-state index in [1.54, 1.807) is 19.9 Å². The number of carbonyl (C=O) groups excluding carboxylic acids is 1. The average Bonchev–Trinajstić information content (AvgIpc) is 2.81. The first-order valence-corrected chi connectivity index (χ1v) is 6.54. The van der Waals surface area contributed by atoms with Crippen molar-refractivity contribution in [2.24, 2.45) is 0 Å². The molecule has 0 unspecified atom stereocenters. The number of aromatic carboxylic acids is 1. The van der Waals surface area contributed by atoms with Crippen LogP contribution in [0, 0.1) is 13.8 Å². The van der Waals surface area contributed by atoms with Gasteiger partial charge >= 0.3 is 5.97 Å². The van der Waals surface area contributed by atoms with Gasteiger partial charge < -0.3 is 14.9 Å². The van der Waals surface area contributed by atoms with Gasteiger partial charge in [0.1, 0.15) is 11.3 Å². The Balaban J connectivity index is 2.28. The molecule has 0 spiro atoms. The first kappa shape index (κ1) is 14.8. The minimum Gasteiger partial charge on any atom is -0.478 e. The van der Waals surface area contributed by atoms with Gasteiger partial charge in [0.2, 0.25) is 0 Å². The quantitative estimate of drug-likeness (QED) is 0.902. The molecule has 0 radical (unpaired) electrons. The standard InChI is InChI=1S/C15H16N2O4/c1-4-11-13(9(3)21-17-11)14(18)16-12-6-5-10(15(19)20)7-8(12)2/h5-7H,4H2,1-3H3,(H,16,18)(H,19,20). The van der Waals surface area contributed by atoms with E-state index in [2.05, 4.69) is 10.5 Å². The third-order valence-corrected chi connectivity index (χ3v) is 3.22. The molecule has 1 aromatic carbocycles. The Morgan fingerprint density at radius 2 is 2.05 bits per heavy atom. The van der Waals surface area contributed by atoms with Crippen molar-refractivity contribution in [3.8, 4) is 0 Å². The van der Waals surface area contributed by atoms with Gasteiger partial charge in [0, 0.05) is 5.69 Å². The van der Waals surface area contributed by atoms with Crippen LogP contribution < -0.4 is 5.32 Å². The van der Waals surface area contributed by atoms with E-state index in [9.17, 15) is 9.59 Å². The molecule has 0 aliphatic heterocycles. The van der Waals surface area contributed by atoms with E-state index < -0.39 is 5.97 Å². The molecule has 2 aromatic rings. The molecule has 1 heterocycles. The molecule has 1 aromatic heterocycles. The molecule has 0 aliphatic carbocycles. The summed E-state index contributed by atoms with van der Waals surface area (Å²) in [6.07, 6.45) is 0.594. The summed E-state index contributed by atoms with van der Waals surface area (Å²) < 4.78 is 5.04. The number of hydrogen-bond donors (Lipinski definition) is 2. The summed E-state index contributed by atoms with van der Waals surface area (Å²) in [4.78, 5) is 23.2. The Morgan fingerprint density at radius 3 is 2.62 bits per heavy atom. The van der Waals surface area contributed by atoms with Gasteiger partial charge in [-0.1, -0.05) is 12.1 Å². The summed E-state index contributed by atoms with van der Waals surface area (Å²) in [5, 5.41) is 15.5. The average molecular weight is 288 g/mol. The van der Waals surface area contributed by atoms with Gasteiger partial charge in [-0.05, 0) is 44.0 Å². The van der Waals surface area contributed by atoms with Crippen molar-refractivity contribution in [1.29, 1.82) is 0 Å². The maximum absolute atomic E-state index is 12.3. The molecule has 0 aliphatic rings. The third-order valence-electron chi connectivity index (χ3n) is 3.22. The number of aryl methyl sites for hydroxylation is 3. The highest BCUT2D eigenvalue weighted by atomic mass is 16.5. The molecule has 2 N–H and O–H groups in total. The number of carboxylic acid groups (broad SMARTS) is 1. The van der Waals surface area contributed by atoms with Crippen molar-refractivity contribution >= 4 is 17.6 Å². The topological polar surface area (TPSA) is 92.4 Å². The SMILES string of the molecule is CCc1noc(C)c1C(=O)Nc1ccc(C(=O)O)cc1C. The predicted molar refractivity (Wildman–Crippen MR) is 76.7 cm³/mol. The van der Waals surface area contributed by atoms with E-state index in [4.69, 9.17) is 9.63 Å². The molecular formula is C15H16N2O4. The minimum atomic E-state index is -1.00. The smallest absolute Gasteiger partial charge is 0.335 e. The van der Waals surface area contributed by atoms with Gasteiger partial charge in [-0.2, -0.15) is 0 Å². The molecular weight excluding hydrogens is 272 g/mol. The van der Waals surface area contributed by atoms with Crippen LogP contribution in [-0.4, -0.2) is 22.1 Å². The lowest BCUT2D eigenvalue weighted by Gasteiger charge is -2.09. The van der Waals surface area contributed by atoms with Crippen molar-refractivity contribution in [3.05, 3.63) is 46.3 Å². The summed E-state index contributed by atoms with van der Waals surface area (Å²) in [6.45, 7) is 5.31. The molecule has 2 rings (SSSR count). The van der Waals surface area contributed by atoms with E-state index >= 15 is 0 Å². The van der Waals surface area contributed by atoms with Crippen LogP contribution in [0.4, 0.5) is 5.69 Å². The highest BCUT2D eigenvalue weighted by molar-refractivity contribution is 6.06. The lowest BCUT2D eigenvalue weighted by atomic mass is 10.1. The Labute approximate surface area is 121 Å². The largest absolute Gasteiger partial charge is 0.478 e. The van der Waals surface area contributed by atoms with Crippen molar-refractivity contribution in [2.75, 3.05) is 5.32 Å². The van der Waals surface area contributed by atoms with Gasteiger partial charge in [-0.25, -0.2) is 4.79 Å². The lowest BCUT2D eigenvalue weighted by molar-refractivity contribution is 0.0696. The second kappa shape index (κ2) is 5.78. The molecule has 21 heavy (non-hydrogen) atoms. The van der Waals surface area contributed by atoms with Crippen LogP contribution in [0.15, 0.2) is 22.7 Å². The van der Waals surface area contributed by atoms with E-state index in [1.165, 1.54) is 12.1 Å². The number of anilines is 1. The van der Waals surface area contributed by atoms with Crippen LogP contribution in [-0.2, 0) is 6.42 Å². The molecule has 0 fully saturated rings. The number of carbonyl (C=O) groups is 2. The number of rotatable bonds is 4. The molecule has 6 nitrogen and oxygen atoms in total. The molecule has 0 bridgehead atoms. The lowest BCUT2D eigenvalue weighted by Crippen LogP contribution is -2.15. The minimum absolute atomic E-state index is 0.181. The number of nitrogens with one attached hydrogen (secondary N) is 1. The normalized spacial score (nSPS) is 10.4. The Morgan fingerprint density at radius 1 is 1.33 bits per heavy atom. The molecule has 0 saturated carbocycles. The number of amides is 1. The fourth-order valence-electron chi connectivity index (χ4n) is 2.07. The zero-order valence-corrected chi connectivity index (χ0v) is 12.1. The second-order valence-electron chi connectivity index (χ2n) is 4.70. The highest BCUT2D eigenvalue weighted by Crippen LogP contribution is 2.20. The maximum atomic E-state index is 12.3. The zero-order chi connectivity index (χ0) is 15.6. The summed E-state index contributed by atoms with van der Waals surface area (Å²) in [5.74, 6) is -0.847. The van der Waals surface area contributed by atoms with Gasteiger partial charge in [0.15, 0.2) is 0 Å². The maximum Gasteiger partial charge on any atom is 0.335 e. The number of aromatic nitrogens is 1. The van der Waals surface area contributed by atoms with Crippen molar-refractivity contribution in [2.45, 2.75) is 27.2 Å². The molecule has 1 amide bonds. The number of benzene rings is 1. The molecule has 110 valence electrons. The van der Waals surface area contributed by atoms with Crippen LogP contribution in [0.3, 0.4) is 0 Å². The predicted octanol–water partition coefficient (Wildman–Crippen LogP) is 2.80. The van der Waals surface area contributed by atoms with Crippen LogP contribution in [0.2, 0.25) is 0 Å². The Bertz CT molecular complexity index is 704.